The van der Waals surface area contributed by atoms with Gasteiger partial charge in [-0.15, -0.1) is 11.3 Å². The molecule has 0 fully saturated rings. The molecule has 1 aromatic carbocycles. The lowest BCUT2D eigenvalue weighted by molar-refractivity contribution is 0.130. The number of carbonyl (C=O) groups is 1. The minimum Gasteiger partial charge on any atom is -0.494 e. The second-order valence-electron chi connectivity index (χ2n) is 8.99. The zero-order valence-corrected chi connectivity index (χ0v) is 22.0. The Balaban J connectivity index is 1.98. The van der Waals surface area contributed by atoms with Gasteiger partial charge in [-0.2, -0.15) is 0 Å². The molecule has 0 saturated heterocycles. The lowest BCUT2D eigenvalue weighted by atomic mass is 10.1. The number of nitrogen functional groups attached to an aromatic ring is 1. The van der Waals surface area contributed by atoms with Crippen molar-refractivity contribution in [2.24, 2.45) is 0 Å². The van der Waals surface area contributed by atoms with E-state index in [0.717, 1.165) is 0 Å². The van der Waals surface area contributed by atoms with E-state index < -0.39 is 21.7 Å². The van der Waals surface area contributed by atoms with Crippen LogP contribution in [0.25, 0.3) is 21.1 Å². The summed E-state index contributed by atoms with van der Waals surface area (Å²) in [4.78, 5) is 21.4. The predicted octanol–water partition coefficient (Wildman–Crippen LogP) is 4.50. The van der Waals surface area contributed by atoms with E-state index in [4.69, 9.17) is 15.2 Å². The van der Waals surface area contributed by atoms with Gasteiger partial charge in [0.25, 0.3) is 0 Å². The quantitative estimate of drug-likeness (QED) is 0.387. The summed E-state index contributed by atoms with van der Waals surface area (Å²) in [5, 5.41) is 3.11. The average Bonchev–Trinajstić information content (AvgIpc) is 3.21. The van der Waals surface area contributed by atoms with Gasteiger partial charge in [0.2, 0.25) is 10.0 Å². The predicted molar refractivity (Wildman–Crippen MR) is 137 cm³/mol. The number of anilines is 2. The topological polar surface area (TPSA) is 146 Å². The Hall–Kier alpha value is -3.22. The van der Waals surface area contributed by atoms with E-state index in [0.29, 0.717) is 38.3 Å². The number of sulfonamides is 1. The van der Waals surface area contributed by atoms with Crippen molar-refractivity contribution < 1.29 is 22.7 Å². The highest BCUT2D eigenvalue weighted by Crippen LogP contribution is 2.39. The smallest absolute Gasteiger partial charge is 0.411 e. The van der Waals surface area contributed by atoms with Crippen molar-refractivity contribution in [1.29, 1.82) is 0 Å². The SMILES string of the molecule is COc1cc(NC(=O)OC(C)C)cnc1-c1ncc(-c2ccc(N)cc2S(=O)(=O)NC(C)(C)C)s1. The van der Waals surface area contributed by atoms with Gasteiger partial charge in [0.05, 0.1) is 34.9 Å². The van der Waals surface area contributed by atoms with Crippen LogP contribution >= 0.6 is 11.3 Å². The molecule has 0 aliphatic carbocycles. The van der Waals surface area contributed by atoms with Crippen LogP contribution in [0.3, 0.4) is 0 Å². The van der Waals surface area contributed by atoms with Crippen molar-refractivity contribution in [1.82, 2.24) is 14.7 Å². The fraction of sp³-hybridized carbons (Fsp3) is 0.348. The van der Waals surface area contributed by atoms with Gasteiger partial charge in [-0.3, -0.25) is 5.32 Å². The fourth-order valence-corrected chi connectivity index (χ4v) is 5.82. The maximum atomic E-state index is 13.1. The van der Waals surface area contributed by atoms with Crippen molar-refractivity contribution in [3.8, 4) is 26.9 Å². The molecule has 2 aromatic heterocycles. The molecule has 10 nitrogen and oxygen atoms in total. The second-order valence-corrected chi connectivity index (χ2v) is 11.7. The molecular weight excluding hydrogens is 490 g/mol. The van der Waals surface area contributed by atoms with Crippen LogP contribution in [0, 0.1) is 0 Å². The lowest BCUT2D eigenvalue weighted by Crippen LogP contribution is -2.40. The molecule has 4 N–H and O–H groups in total. The summed E-state index contributed by atoms with van der Waals surface area (Å²) in [5.41, 5.74) is 6.87. The minimum absolute atomic E-state index is 0.0609. The first-order valence-electron chi connectivity index (χ1n) is 10.7. The number of rotatable bonds is 7. The van der Waals surface area contributed by atoms with E-state index in [1.807, 2.05) is 0 Å². The summed E-state index contributed by atoms with van der Waals surface area (Å²) in [5.74, 6) is 0.382. The van der Waals surface area contributed by atoms with Gasteiger partial charge in [-0.25, -0.2) is 27.9 Å². The maximum Gasteiger partial charge on any atom is 0.411 e. The fourth-order valence-electron chi connectivity index (χ4n) is 3.12. The second kappa shape index (κ2) is 10.2. The van der Waals surface area contributed by atoms with E-state index >= 15 is 0 Å². The van der Waals surface area contributed by atoms with E-state index in [1.54, 1.807) is 59.0 Å². The molecule has 0 aliphatic heterocycles. The zero-order valence-electron chi connectivity index (χ0n) is 20.4. The van der Waals surface area contributed by atoms with Gasteiger partial charge in [0, 0.05) is 29.1 Å². The van der Waals surface area contributed by atoms with Crippen LogP contribution in [-0.2, 0) is 14.8 Å². The third kappa shape index (κ3) is 6.68. The van der Waals surface area contributed by atoms with Gasteiger partial charge < -0.3 is 15.2 Å². The van der Waals surface area contributed by atoms with Gasteiger partial charge in [-0.05, 0) is 46.8 Å². The average molecular weight is 520 g/mol. The number of hydrogen-bond donors (Lipinski definition) is 3. The zero-order chi connectivity index (χ0) is 26.0. The molecule has 1 amide bonds. The summed E-state index contributed by atoms with van der Waals surface area (Å²) < 4.78 is 39.4. The molecule has 2 heterocycles. The van der Waals surface area contributed by atoms with Crippen LogP contribution < -0.4 is 20.5 Å². The van der Waals surface area contributed by atoms with Gasteiger partial charge in [0.15, 0.2) is 0 Å². The standard InChI is InChI=1S/C23H29N5O5S2/c1-13(2)33-22(29)27-15-10-17(32-6)20(25-11-15)21-26-12-18(34-21)16-8-7-14(24)9-19(16)35(30,31)28-23(3,4)5/h7-13,28H,24H2,1-6H3,(H,27,29). The molecule has 0 radical (unpaired) electrons. The van der Waals surface area contributed by atoms with Crippen molar-refractivity contribution >= 4 is 38.8 Å². The summed E-state index contributed by atoms with van der Waals surface area (Å²) >= 11 is 1.25. The number of amides is 1. The Kier molecular flexibility index (Phi) is 7.68. The normalized spacial score (nSPS) is 12.0. The van der Waals surface area contributed by atoms with Crippen LogP contribution in [0.1, 0.15) is 34.6 Å². The molecule has 0 unspecified atom stereocenters. The lowest BCUT2D eigenvalue weighted by Gasteiger charge is -2.21. The Morgan fingerprint density at radius 1 is 1.14 bits per heavy atom. The van der Waals surface area contributed by atoms with Crippen LogP contribution in [0.4, 0.5) is 16.2 Å². The van der Waals surface area contributed by atoms with E-state index in [9.17, 15) is 13.2 Å². The number of thiazole rings is 1. The van der Waals surface area contributed by atoms with Gasteiger partial charge >= 0.3 is 6.09 Å². The highest BCUT2D eigenvalue weighted by molar-refractivity contribution is 7.89. The number of ether oxygens (including phenoxy) is 2. The molecule has 188 valence electrons. The van der Waals surface area contributed by atoms with E-state index in [1.165, 1.54) is 30.7 Å². The van der Waals surface area contributed by atoms with Crippen LogP contribution in [0.2, 0.25) is 0 Å². The molecule has 0 saturated carbocycles. The van der Waals surface area contributed by atoms with Crippen molar-refractivity contribution in [2.45, 2.75) is 51.2 Å². The summed E-state index contributed by atoms with van der Waals surface area (Å²) in [7, 11) is -2.38. The number of pyridine rings is 1. The first-order chi connectivity index (χ1) is 16.3. The molecular formula is C23H29N5O5S2. The van der Waals surface area contributed by atoms with Crippen molar-refractivity contribution in [3.63, 3.8) is 0 Å². The number of methoxy groups -OCH3 is 1. The highest BCUT2D eigenvalue weighted by atomic mass is 32.2. The summed E-state index contributed by atoms with van der Waals surface area (Å²) in [6.45, 7) is 8.79. The summed E-state index contributed by atoms with van der Waals surface area (Å²) in [6.07, 6.45) is 2.18. The Morgan fingerprint density at radius 2 is 1.86 bits per heavy atom. The van der Waals surface area contributed by atoms with E-state index in [-0.39, 0.29) is 11.0 Å². The Labute approximate surface area is 208 Å². The maximum absolute atomic E-state index is 13.1. The third-order valence-electron chi connectivity index (χ3n) is 4.37. The molecule has 35 heavy (non-hydrogen) atoms. The molecule has 0 bridgehead atoms. The Morgan fingerprint density at radius 3 is 2.49 bits per heavy atom. The molecule has 3 aromatic rings. The van der Waals surface area contributed by atoms with Crippen molar-refractivity contribution in [3.05, 3.63) is 36.7 Å². The van der Waals surface area contributed by atoms with Crippen LogP contribution in [0.5, 0.6) is 5.75 Å². The molecule has 0 atom stereocenters. The van der Waals surface area contributed by atoms with Crippen molar-refractivity contribution in [2.75, 3.05) is 18.2 Å². The number of aromatic nitrogens is 2. The highest BCUT2D eigenvalue weighted by Gasteiger charge is 2.26. The van der Waals surface area contributed by atoms with E-state index in [2.05, 4.69) is 20.0 Å². The largest absolute Gasteiger partial charge is 0.494 e. The number of nitrogens with one attached hydrogen (secondary N) is 2. The molecule has 12 heteroatoms. The number of carbonyl (C=O) groups excluding carboxylic acids is 1. The van der Waals surface area contributed by atoms with Crippen LogP contribution in [0.15, 0.2) is 41.6 Å². The summed E-state index contributed by atoms with van der Waals surface area (Å²) in [6, 6.07) is 6.33. The molecule has 3 rings (SSSR count). The first-order valence-corrected chi connectivity index (χ1v) is 13.0. The van der Waals surface area contributed by atoms with Gasteiger partial charge in [0.1, 0.15) is 16.5 Å². The number of nitrogens with two attached hydrogens (primary N) is 1. The Bertz CT molecular complexity index is 1330. The number of nitrogens with zero attached hydrogens (tertiary/aromatic N) is 2. The van der Waals surface area contributed by atoms with Crippen LogP contribution in [-0.4, -0.2) is 43.2 Å². The molecule has 0 spiro atoms. The monoisotopic (exact) mass is 519 g/mol. The first kappa shape index (κ1) is 26.4. The number of benzene rings is 1. The third-order valence-corrected chi connectivity index (χ3v) is 7.21. The number of hydrogen-bond acceptors (Lipinski definition) is 9. The minimum atomic E-state index is -3.86. The molecule has 0 aliphatic rings. The van der Waals surface area contributed by atoms with Gasteiger partial charge in [-0.1, -0.05) is 6.07 Å².